The summed E-state index contributed by atoms with van der Waals surface area (Å²) in [5, 5.41) is 8.62. The summed E-state index contributed by atoms with van der Waals surface area (Å²) in [6.07, 6.45) is 0.324. The standard InChI is InChI=1S/C14H16N4O2/c1-9(10-2-4-11(15)5-3-10)8-14(20)16-12-6-7-13(19)18-17-12/h2-7,9H,8,15H2,1H3,(H,18,19)(H,16,17,20). The SMILES string of the molecule is CC(CC(=O)Nc1ccc(=O)[nH]n1)c1ccc(N)cc1. The Morgan fingerprint density at radius 1 is 1.30 bits per heavy atom. The highest BCUT2D eigenvalue weighted by atomic mass is 16.1. The van der Waals surface area contributed by atoms with E-state index in [0.29, 0.717) is 17.9 Å². The van der Waals surface area contributed by atoms with Gasteiger partial charge in [-0.05, 0) is 29.7 Å². The maximum absolute atomic E-state index is 11.9. The number of nitrogens with zero attached hydrogens (tertiary/aromatic N) is 1. The summed E-state index contributed by atoms with van der Waals surface area (Å²) in [7, 11) is 0. The molecule has 0 saturated carbocycles. The van der Waals surface area contributed by atoms with E-state index < -0.39 is 0 Å². The summed E-state index contributed by atoms with van der Waals surface area (Å²) in [6.45, 7) is 1.96. The predicted molar refractivity (Wildman–Crippen MR) is 77.4 cm³/mol. The Morgan fingerprint density at radius 3 is 2.60 bits per heavy atom. The minimum absolute atomic E-state index is 0.0679. The van der Waals surface area contributed by atoms with Gasteiger partial charge >= 0.3 is 0 Å². The first-order valence-corrected chi connectivity index (χ1v) is 6.25. The van der Waals surface area contributed by atoms with Crippen molar-refractivity contribution in [2.45, 2.75) is 19.3 Å². The summed E-state index contributed by atoms with van der Waals surface area (Å²) >= 11 is 0. The molecule has 4 N–H and O–H groups in total. The van der Waals surface area contributed by atoms with Gasteiger partial charge in [0.15, 0.2) is 5.82 Å². The molecular weight excluding hydrogens is 256 g/mol. The van der Waals surface area contributed by atoms with Crippen LogP contribution in [0.3, 0.4) is 0 Å². The number of nitrogens with one attached hydrogen (secondary N) is 2. The molecular formula is C14H16N4O2. The molecule has 0 aliphatic rings. The highest BCUT2D eigenvalue weighted by molar-refractivity contribution is 5.90. The van der Waals surface area contributed by atoms with E-state index in [9.17, 15) is 9.59 Å². The number of hydrogen-bond acceptors (Lipinski definition) is 4. The lowest BCUT2D eigenvalue weighted by Crippen LogP contribution is -2.17. The number of hydrogen-bond donors (Lipinski definition) is 3. The molecule has 6 nitrogen and oxygen atoms in total. The van der Waals surface area contributed by atoms with Gasteiger partial charge in [-0.25, -0.2) is 5.10 Å². The number of nitrogens with two attached hydrogens (primary N) is 1. The molecule has 1 aromatic heterocycles. The number of nitrogen functional groups attached to an aromatic ring is 1. The second kappa shape index (κ2) is 6.01. The fourth-order valence-electron chi connectivity index (χ4n) is 1.83. The van der Waals surface area contributed by atoms with Gasteiger partial charge in [0.1, 0.15) is 0 Å². The zero-order chi connectivity index (χ0) is 14.5. The first kappa shape index (κ1) is 13.8. The van der Waals surface area contributed by atoms with Gasteiger partial charge in [0, 0.05) is 18.2 Å². The van der Waals surface area contributed by atoms with E-state index in [1.165, 1.54) is 12.1 Å². The van der Waals surface area contributed by atoms with Crippen LogP contribution in [-0.4, -0.2) is 16.1 Å². The van der Waals surface area contributed by atoms with Crippen molar-refractivity contribution in [1.29, 1.82) is 0 Å². The Balaban J connectivity index is 1.95. The minimum Gasteiger partial charge on any atom is -0.399 e. The Labute approximate surface area is 116 Å². The molecule has 0 aliphatic carbocycles. The highest BCUT2D eigenvalue weighted by Crippen LogP contribution is 2.20. The highest BCUT2D eigenvalue weighted by Gasteiger charge is 2.11. The number of benzene rings is 1. The third kappa shape index (κ3) is 3.68. The number of H-pyrrole nitrogens is 1. The topological polar surface area (TPSA) is 101 Å². The van der Waals surface area contributed by atoms with Gasteiger partial charge in [0.05, 0.1) is 0 Å². The summed E-state index contributed by atoms with van der Waals surface area (Å²) in [6, 6.07) is 10.2. The van der Waals surface area contributed by atoms with Crippen molar-refractivity contribution in [2.24, 2.45) is 0 Å². The van der Waals surface area contributed by atoms with Gasteiger partial charge in [-0.1, -0.05) is 19.1 Å². The largest absolute Gasteiger partial charge is 0.399 e. The van der Waals surface area contributed by atoms with Crippen LogP contribution in [0.25, 0.3) is 0 Å². The van der Waals surface area contributed by atoms with Crippen LogP contribution in [0.5, 0.6) is 0 Å². The molecule has 1 aromatic carbocycles. The molecule has 1 unspecified atom stereocenters. The molecule has 2 rings (SSSR count). The number of carbonyl (C=O) groups excluding carboxylic acids is 1. The third-order valence-corrected chi connectivity index (χ3v) is 2.94. The summed E-state index contributed by atoms with van der Waals surface area (Å²) in [5.74, 6) is 0.242. The molecule has 6 heteroatoms. The van der Waals surface area contributed by atoms with Crippen LogP contribution in [0.15, 0.2) is 41.2 Å². The predicted octanol–water partition coefficient (Wildman–Crippen LogP) is 1.48. The normalized spacial score (nSPS) is 11.8. The van der Waals surface area contributed by atoms with Crippen molar-refractivity contribution < 1.29 is 4.79 Å². The molecule has 104 valence electrons. The third-order valence-electron chi connectivity index (χ3n) is 2.94. The Kier molecular flexibility index (Phi) is 4.14. The summed E-state index contributed by atoms with van der Waals surface area (Å²) < 4.78 is 0. The van der Waals surface area contributed by atoms with Crippen molar-refractivity contribution in [3.05, 3.63) is 52.3 Å². The van der Waals surface area contributed by atoms with E-state index in [4.69, 9.17) is 5.73 Å². The first-order valence-electron chi connectivity index (χ1n) is 6.25. The molecule has 0 aliphatic heterocycles. The van der Waals surface area contributed by atoms with Crippen molar-refractivity contribution in [3.63, 3.8) is 0 Å². The Bertz CT molecular complexity index is 628. The molecule has 0 spiro atoms. The molecule has 1 amide bonds. The minimum atomic E-state index is -0.307. The maximum Gasteiger partial charge on any atom is 0.264 e. The lowest BCUT2D eigenvalue weighted by molar-refractivity contribution is -0.116. The molecule has 0 bridgehead atoms. The molecule has 20 heavy (non-hydrogen) atoms. The van der Waals surface area contributed by atoms with Gasteiger partial charge in [-0.3, -0.25) is 9.59 Å². The van der Waals surface area contributed by atoms with Crippen molar-refractivity contribution in [2.75, 3.05) is 11.1 Å². The zero-order valence-corrected chi connectivity index (χ0v) is 11.1. The summed E-state index contributed by atoms with van der Waals surface area (Å²) in [5.41, 5.74) is 7.06. The van der Waals surface area contributed by atoms with Crippen LogP contribution in [0.4, 0.5) is 11.5 Å². The molecule has 0 radical (unpaired) electrons. The average Bonchev–Trinajstić information content (AvgIpc) is 2.42. The van der Waals surface area contributed by atoms with Crippen LogP contribution in [0, 0.1) is 0 Å². The second-order valence-electron chi connectivity index (χ2n) is 4.63. The first-order chi connectivity index (χ1) is 9.54. The van der Waals surface area contributed by atoms with Crippen molar-refractivity contribution >= 4 is 17.4 Å². The molecule has 2 aromatic rings. The number of aromatic nitrogens is 2. The van der Waals surface area contributed by atoms with E-state index >= 15 is 0 Å². The molecule has 1 heterocycles. The number of anilines is 2. The van der Waals surface area contributed by atoms with Gasteiger partial charge < -0.3 is 11.1 Å². The lowest BCUT2D eigenvalue weighted by Gasteiger charge is -2.11. The van der Waals surface area contributed by atoms with E-state index in [1.807, 2.05) is 31.2 Å². The molecule has 0 saturated heterocycles. The quantitative estimate of drug-likeness (QED) is 0.734. The van der Waals surface area contributed by atoms with E-state index in [2.05, 4.69) is 15.5 Å². The fraction of sp³-hybridized carbons (Fsp3) is 0.214. The Hall–Kier alpha value is -2.63. The zero-order valence-electron chi connectivity index (χ0n) is 11.1. The van der Waals surface area contributed by atoms with Gasteiger partial charge in [0.2, 0.25) is 5.91 Å². The van der Waals surface area contributed by atoms with Crippen molar-refractivity contribution in [1.82, 2.24) is 10.2 Å². The lowest BCUT2D eigenvalue weighted by atomic mass is 9.97. The van der Waals surface area contributed by atoms with E-state index in [1.54, 1.807) is 0 Å². The van der Waals surface area contributed by atoms with Crippen molar-refractivity contribution in [3.8, 4) is 0 Å². The van der Waals surface area contributed by atoms with E-state index in [0.717, 1.165) is 5.56 Å². The monoisotopic (exact) mass is 272 g/mol. The van der Waals surface area contributed by atoms with Crippen LogP contribution < -0.4 is 16.6 Å². The smallest absolute Gasteiger partial charge is 0.264 e. The second-order valence-corrected chi connectivity index (χ2v) is 4.63. The number of rotatable bonds is 4. The number of amides is 1. The fourth-order valence-corrected chi connectivity index (χ4v) is 1.83. The van der Waals surface area contributed by atoms with Gasteiger partial charge in [-0.15, -0.1) is 0 Å². The van der Waals surface area contributed by atoms with Crippen LogP contribution in [-0.2, 0) is 4.79 Å². The van der Waals surface area contributed by atoms with E-state index in [-0.39, 0.29) is 17.4 Å². The van der Waals surface area contributed by atoms with Crippen LogP contribution >= 0.6 is 0 Å². The maximum atomic E-state index is 11.9. The van der Waals surface area contributed by atoms with Gasteiger partial charge in [0.25, 0.3) is 5.56 Å². The van der Waals surface area contributed by atoms with Gasteiger partial charge in [-0.2, -0.15) is 5.10 Å². The number of carbonyl (C=O) groups is 1. The number of aromatic amines is 1. The Morgan fingerprint density at radius 2 is 2.00 bits per heavy atom. The van der Waals surface area contributed by atoms with Crippen LogP contribution in [0.1, 0.15) is 24.8 Å². The average molecular weight is 272 g/mol. The molecule has 0 fully saturated rings. The van der Waals surface area contributed by atoms with Crippen LogP contribution in [0.2, 0.25) is 0 Å². The molecule has 1 atom stereocenters. The summed E-state index contributed by atoms with van der Waals surface area (Å²) in [4.78, 5) is 22.7.